The van der Waals surface area contributed by atoms with E-state index in [1.54, 1.807) is 0 Å². The summed E-state index contributed by atoms with van der Waals surface area (Å²) < 4.78 is 0. The van der Waals surface area contributed by atoms with Gasteiger partial charge in [0.15, 0.2) is 0 Å². The monoisotopic (exact) mass is 407 g/mol. The van der Waals surface area contributed by atoms with Crippen LogP contribution in [0.5, 0.6) is 0 Å². The molecule has 1 heterocycles. The lowest BCUT2D eigenvalue weighted by molar-refractivity contribution is -0.119. The second kappa shape index (κ2) is 6.73. The summed E-state index contributed by atoms with van der Waals surface area (Å²) in [5.41, 5.74) is 8.12. The molecule has 1 spiro atoms. The number of nitrogens with one attached hydrogen (secondary N) is 1. The van der Waals surface area contributed by atoms with Crippen LogP contribution in [0.4, 0.5) is 4.79 Å². The Balaban J connectivity index is 1.13. The van der Waals surface area contributed by atoms with Gasteiger partial charge < -0.3 is 16.0 Å². The number of primary amides is 1. The lowest BCUT2D eigenvalue weighted by Crippen LogP contribution is -2.59. The van der Waals surface area contributed by atoms with Crippen molar-refractivity contribution in [2.75, 3.05) is 13.1 Å². The number of hydrogen-bond donors (Lipinski definition) is 2. The van der Waals surface area contributed by atoms with Crippen LogP contribution in [0.15, 0.2) is 24.3 Å². The van der Waals surface area contributed by atoms with Crippen molar-refractivity contribution < 1.29 is 9.59 Å². The molecular formula is C25H33N3O2. The third kappa shape index (κ3) is 2.80. The minimum atomic E-state index is -0.221. The van der Waals surface area contributed by atoms with Gasteiger partial charge in [-0.05, 0) is 86.2 Å². The van der Waals surface area contributed by atoms with Crippen molar-refractivity contribution in [3.8, 4) is 0 Å². The Hall–Kier alpha value is -2.04. The number of likely N-dealkylation sites (tertiary alicyclic amines) is 1. The van der Waals surface area contributed by atoms with Crippen LogP contribution in [0.3, 0.4) is 0 Å². The van der Waals surface area contributed by atoms with E-state index in [9.17, 15) is 9.59 Å². The summed E-state index contributed by atoms with van der Waals surface area (Å²) in [6, 6.07) is 8.83. The lowest BCUT2D eigenvalue weighted by Gasteiger charge is -2.54. The summed E-state index contributed by atoms with van der Waals surface area (Å²) in [5, 5.41) is 3.47. The standard InChI is InChI=1S/C25H33N3O2/c26-23(29)20-14-25(21-4-2-1-3-19(20)21)5-7-28(8-6-25)24(30)27-22-17-10-15-9-16(12-17)13-18(22)11-15/h1-4,15-18,20,22H,5-14H2,(H2,26,29)(H,27,30). The van der Waals surface area contributed by atoms with E-state index in [1.807, 2.05) is 11.0 Å². The molecule has 1 atom stereocenters. The van der Waals surface area contributed by atoms with Crippen molar-refractivity contribution in [3.05, 3.63) is 35.4 Å². The fourth-order valence-electron chi connectivity index (χ4n) is 8.15. The van der Waals surface area contributed by atoms with Crippen LogP contribution in [0.1, 0.15) is 68.4 Å². The first-order chi connectivity index (χ1) is 14.5. The maximum absolute atomic E-state index is 13.2. The summed E-state index contributed by atoms with van der Waals surface area (Å²) in [7, 11) is 0. The van der Waals surface area contributed by atoms with Gasteiger partial charge in [0.2, 0.25) is 5.91 Å². The maximum atomic E-state index is 13.2. The fraction of sp³-hybridized carbons (Fsp3) is 0.680. The third-order valence-electron chi connectivity index (χ3n) is 9.37. The summed E-state index contributed by atoms with van der Waals surface area (Å²) in [5.74, 6) is 2.86. The van der Waals surface area contributed by atoms with E-state index in [4.69, 9.17) is 5.73 Å². The van der Waals surface area contributed by atoms with E-state index in [2.05, 4.69) is 23.5 Å². The van der Waals surface area contributed by atoms with Gasteiger partial charge in [-0.25, -0.2) is 4.79 Å². The molecule has 5 nitrogen and oxygen atoms in total. The van der Waals surface area contributed by atoms with E-state index in [0.29, 0.717) is 17.9 Å². The predicted octanol–water partition coefficient (Wildman–Crippen LogP) is 3.53. The number of rotatable bonds is 2. The molecule has 0 aromatic heterocycles. The zero-order valence-electron chi connectivity index (χ0n) is 17.7. The van der Waals surface area contributed by atoms with Gasteiger partial charge in [0.25, 0.3) is 0 Å². The van der Waals surface area contributed by atoms with E-state index >= 15 is 0 Å². The van der Waals surface area contributed by atoms with Crippen LogP contribution in [0.2, 0.25) is 0 Å². The summed E-state index contributed by atoms with van der Waals surface area (Å²) >= 11 is 0. The van der Waals surface area contributed by atoms with Crippen LogP contribution < -0.4 is 11.1 Å². The predicted molar refractivity (Wildman–Crippen MR) is 115 cm³/mol. The number of urea groups is 1. The van der Waals surface area contributed by atoms with Crippen molar-refractivity contribution in [1.29, 1.82) is 0 Å². The van der Waals surface area contributed by atoms with Gasteiger partial charge in [-0.15, -0.1) is 0 Å². The molecule has 5 heteroatoms. The normalized spacial score (nSPS) is 37.9. The Bertz CT molecular complexity index is 845. The quantitative estimate of drug-likeness (QED) is 0.787. The summed E-state index contributed by atoms with van der Waals surface area (Å²) in [6.45, 7) is 1.53. The zero-order chi connectivity index (χ0) is 20.5. The molecule has 1 unspecified atom stereocenters. The molecule has 4 saturated carbocycles. The Morgan fingerprint density at radius 3 is 2.23 bits per heavy atom. The second-order valence-corrected chi connectivity index (χ2v) is 10.9. The number of amides is 3. The Morgan fingerprint density at radius 1 is 0.967 bits per heavy atom. The molecule has 1 aromatic carbocycles. The molecule has 5 aliphatic carbocycles. The van der Waals surface area contributed by atoms with E-state index in [-0.39, 0.29) is 23.3 Å². The number of piperidine rings is 1. The molecule has 5 fully saturated rings. The van der Waals surface area contributed by atoms with Crippen LogP contribution in [0, 0.1) is 23.7 Å². The molecule has 4 bridgehead atoms. The summed E-state index contributed by atoms with van der Waals surface area (Å²) in [4.78, 5) is 27.2. The first kappa shape index (κ1) is 18.7. The highest BCUT2D eigenvalue weighted by atomic mass is 16.2. The van der Waals surface area contributed by atoms with Gasteiger partial charge in [-0.2, -0.15) is 0 Å². The van der Waals surface area contributed by atoms with Crippen molar-refractivity contribution in [2.24, 2.45) is 29.4 Å². The Labute approximate surface area is 178 Å². The Kier molecular flexibility index (Phi) is 4.20. The number of carbonyl (C=O) groups excluding carboxylic acids is 2. The molecule has 1 aliphatic heterocycles. The second-order valence-electron chi connectivity index (χ2n) is 10.9. The van der Waals surface area contributed by atoms with Gasteiger partial charge in [-0.3, -0.25) is 4.79 Å². The molecule has 0 radical (unpaired) electrons. The topological polar surface area (TPSA) is 75.4 Å². The molecule has 7 rings (SSSR count). The highest BCUT2D eigenvalue weighted by molar-refractivity contribution is 5.84. The van der Waals surface area contributed by atoms with E-state index in [1.165, 1.54) is 37.7 Å². The smallest absolute Gasteiger partial charge is 0.317 e. The molecule has 160 valence electrons. The third-order valence-corrected chi connectivity index (χ3v) is 9.37. The van der Waals surface area contributed by atoms with Crippen LogP contribution in [-0.4, -0.2) is 36.0 Å². The number of fused-ring (bicyclic) bond motifs is 2. The molecule has 30 heavy (non-hydrogen) atoms. The van der Waals surface area contributed by atoms with Crippen molar-refractivity contribution in [2.45, 2.75) is 68.7 Å². The zero-order valence-corrected chi connectivity index (χ0v) is 17.7. The maximum Gasteiger partial charge on any atom is 0.317 e. The van der Waals surface area contributed by atoms with Gasteiger partial charge in [0, 0.05) is 24.5 Å². The average Bonchev–Trinajstić information content (AvgIpc) is 3.05. The summed E-state index contributed by atoms with van der Waals surface area (Å²) in [6.07, 6.45) is 9.38. The average molecular weight is 408 g/mol. The van der Waals surface area contributed by atoms with Gasteiger partial charge in [0.1, 0.15) is 0 Å². The minimum absolute atomic E-state index is 0.00427. The number of nitrogens with two attached hydrogens (primary N) is 1. The van der Waals surface area contributed by atoms with E-state index < -0.39 is 0 Å². The molecule has 1 saturated heterocycles. The first-order valence-corrected chi connectivity index (χ1v) is 12.0. The van der Waals surface area contributed by atoms with Crippen molar-refractivity contribution in [1.82, 2.24) is 10.2 Å². The van der Waals surface area contributed by atoms with Gasteiger partial charge in [0.05, 0.1) is 5.92 Å². The van der Waals surface area contributed by atoms with Crippen molar-refractivity contribution >= 4 is 11.9 Å². The first-order valence-electron chi connectivity index (χ1n) is 12.0. The fourth-order valence-corrected chi connectivity index (χ4v) is 8.15. The van der Waals surface area contributed by atoms with Crippen molar-refractivity contribution in [3.63, 3.8) is 0 Å². The molecule has 6 aliphatic rings. The van der Waals surface area contributed by atoms with Gasteiger partial charge in [-0.1, -0.05) is 24.3 Å². The largest absolute Gasteiger partial charge is 0.369 e. The van der Waals surface area contributed by atoms with E-state index in [0.717, 1.165) is 49.8 Å². The van der Waals surface area contributed by atoms with Crippen LogP contribution in [0.25, 0.3) is 0 Å². The van der Waals surface area contributed by atoms with Gasteiger partial charge >= 0.3 is 6.03 Å². The SMILES string of the molecule is NC(=O)C1CC2(CCN(C(=O)NC3C4CC5CC(C4)CC3C5)CC2)c2ccccc21. The highest BCUT2D eigenvalue weighted by Crippen LogP contribution is 2.54. The van der Waals surface area contributed by atoms with Crippen LogP contribution in [-0.2, 0) is 10.2 Å². The van der Waals surface area contributed by atoms with Crippen LogP contribution >= 0.6 is 0 Å². The number of nitrogens with zero attached hydrogens (tertiary/aromatic N) is 1. The number of hydrogen-bond acceptors (Lipinski definition) is 2. The molecule has 1 aromatic rings. The number of benzene rings is 1. The highest BCUT2D eigenvalue weighted by Gasteiger charge is 2.50. The molecule has 3 amide bonds. The number of carbonyl (C=O) groups is 2. The molecular weight excluding hydrogens is 374 g/mol. The Morgan fingerprint density at radius 2 is 1.60 bits per heavy atom. The molecule has 3 N–H and O–H groups in total. The minimum Gasteiger partial charge on any atom is -0.369 e. The lowest BCUT2D eigenvalue weighted by atomic mass is 9.54.